The van der Waals surface area contributed by atoms with Crippen LogP contribution in [0.1, 0.15) is 28.4 Å². The maximum Gasteiger partial charge on any atom is 0.311 e. The Bertz CT molecular complexity index is 796. The Balaban J connectivity index is 1.67. The zero-order valence-corrected chi connectivity index (χ0v) is 11.9. The minimum Gasteiger partial charge on any atom is -0.378 e. The van der Waals surface area contributed by atoms with E-state index in [-0.39, 0.29) is 35.0 Å². The van der Waals surface area contributed by atoms with Gasteiger partial charge in [-0.1, -0.05) is 12.1 Å². The molecule has 0 aliphatic heterocycles. The van der Waals surface area contributed by atoms with Crippen molar-refractivity contribution in [2.45, 2.75) is 18.4 Å². The second-order valence-electron chi connectivity index (χ2n) is 5.34. The summed E-state index contributed by atoms with van der Waals surface area (Å²) in [4.78, 5) is 25.9. The van der Waals surface area contributed by atoms with E-state index in [9.17, 15) is 19.3 Å². The number of benzene rings is 1. The third kappa shape index (κ3) is 3.10. The number of aromatic nitrogens is 1. The molecular weight excluding hydrogens is 303 g/mol. The van der Waals surface area contributed by atoms with Crippen LogP contribution in [0.3, 0.4) is 0 Å². The van der Waals surface area contributed by atoms with Gasteiger partial charge in [0.1, 0.15) is 11.5 Å². The molecule has 0 saturated heterocycles. The highest BCUT2D eigenvalue weighted by molar-refractivity contribution is 5.93. The quantitative estimate of drug-likeness (QED) is 0.662. The van der Waals surface area contributed by atoms with E-state index in [1.807, 2.05) is 6.07 Å². The zero-order valence-electron chi connectivity index (χ0n) is 11.9. The predicted molar refractivity (Wildman–Crippen MR) is 80.3 cm³/mol. The highest BCUT2D eigenvalue weighted by Gasteiger charge is 2.40. The van der Waals surface area contributed by atoms with Gasteiger partial charge in [0, 0.05) is 18.0 Å². The van der Waals surface area contributed by atoms with Gasteiger partial charge >= 0.3 is 5.69 Å². The number of hydrogen-bond acceptors (Lipinski definition) is 5. The maximum atomic E-state index is 13.2. The van der Waals surface area contributed by atoms with Gasteiger partial charge in [0.25, 0.3) is 5.91 Å². The summed E-state index contributed by atoms with van der Waals surface area (Å²) < 4.78 is 13.2. The molecule has 2 aromatic rings. The number of pyridine rings is 1. The molecule has 0 unspecified atom stereocenters. The first kappa shape index (κ1) is 14.9. The van der Waals surface area contributed by atoms with E-state index < -0.39 is 10.8 Å². The van der Waals surface area contributed by atoms with Gasteiger partial charge < -0.3 is 11.1 Å². The van der Waals surface area contributed by atoms with Crippen LogP contribution >= 0.6 is 0 Å². The highest BCUT2D eigenvalue weighted by atomic mass is 19.1. The molecule has 1 aromatic heterocycles. The molecule has 1 saturated carbocycles. The lowest BCUT2D eigenvalue weighted by molar-refractivity contribution is -0.384. The molecule has 1 aromatic carbocycles. The average molecular weight is 316 g/mol. The van der Waals surface area contributed by atoms with E-state index in [0.717, 1.165) is 11.6 Å². The van der Waals surface area contributed by atoms with Crippen LogP contribution < -0.4 is 11.1 Å². The average Bonchev–Trinajstić information content (AvgIpc) is 3.26. The molecule has 1 aliphatic rings. The number of rotatable bonds is 4. The molecular formula is C15H13FN4O3. The van der Waals surface area contributed by atoms with Crippen molar-refractivity contribution in [3.8, 4) is 0 Å². The molecule has 23 heavy (non-hydrogen) atoms. The molecule has 0 bridgehead atoms. The van der Waals surface area contributed by atoms with Crippen molar-refractivity contribution < 1.29 is 14.1 Å². The number of anilines is 1. The van der Waals surface area contributed by atoms with Gasteiger partial charge in [-0.3, -0.25) is 14.9 Å². The Kier molecular flexibility index (Phi) is 3.65. The van der Waals surface area contributed by atoms with Crippen LogP contribution in [0.4, 0.5) is 15.9 Å². The summed E-state index contributed by atoms with van der Waals surface area (Å²) in [6.07, 6.45) is 0.706. The van der Waals surface area contributed by atoms with Gasteiger partial charge in [-0.25, -0.2) is 9.37 Å². The number of nitrogens with two attached hydrogens (primary N) is 1. The van der Waals surface area contributed by atoms with Crippen LogP contribution in [0.2, 0.25) is 0 Å². The Labute approximate surface area is 130 Å². The summed E-state index contributed by atoms with van der Waals surface area (Å²) in [7, 11) is 0. The summed E-state index contributed by atoms with van der Waals surface area (Å²) in [5.74, 6) is -1.02. The Morgan fingerprint density at radius 1 is 1.39 bits per heavy atom. The summed E-state index contributed by atoms with van der Waals surface area (Å²) in [6, 6.07) is 8.53. The van der Waals surface area contributed by atoms with Crippen molar-refractivity contribution in [2.24, 2.45) is 0 Å². The van der Waals surface area contributed by atoms with Crippen molar-refractivity contribution in [3.05, 3.63) is 63.6 Å². The number of carbonyl (C=O) groups is 1. The molecule has 7 nitrogen and oxygen atoms in total. The first-order valence-corrected chi connectivity index (χ1v) is 6.93. The van der Waals surface area contributed by atoms with E-state index in [1.165, 1.54) is 18.2 Å². The first-order chi connectivity index (χ1) is 11.0. The van der Waals surface area contributed by atoms with Gasteiger partial charge in [0.15, 0.2) is 0 Å². The minimum absolute atomic E-state index is 0.0120. The monoisotopic (exact) mass is 316 g/mol. The number of nitrogens with zero attached hydrogens (tertiary/aromatic N) is 2. The van der Waals surface area contributed by atoms with Gasteiger partial charge in [-0.2, -0.15) is 0 Å². The SMILES string of the molecule is Nc1nc(C(=O)N[C@H]2C[C@@H]2c2cccc(F)c2)ccc1[N+](=O)[O-]. The van der Waals surface area contributed by atoms with E-state index in [2.05, 4.69) is 10.3 Å². The second-order valence-corrected chi connectivity index (χ2v) is 5.34. The van der Waals surface area contributed by atoms with Crippen LogP contribution in [0.25, 0.3) is 0 Å². The van der Waals surface area contributed by atoms with Crippen molar-refractivity contribution in [1.82, 2.24) is 10.3 Å². The topological polar surface area (TPSA) is 111 Å². The summed E-state index contributed by atoms with van der Waals surface area (Å²) in [5.41, 5.74) is 5.96. The number of nitrogen functional groups attached to an aromatic ring is 1. The maximum absolute atomic E-state index is 13.2. The fourth-order valence-corrected chi connectivity index (χ4v) is 2.45. The lowest BCUT2D eigenvalue weighted by Gasteiger charge is -2.05. The fourth-order valence-electron chi connectivity index (χ4n) is 2.45. The number of amides is 1. The number of halogens is 1. The molecule has 8 heteroatoms. The summed E-state index contributed by atoms with van der Waals surface area (Å²) in [6.45, 7) is 0. The van der Waals surface area contributed by atoms with Crippen LogP contribution in [-0.2, 0) is 0 Å². The molecule has 0 spiro atoms. The number of carbonyl (C=O) groups excluding carboxylic acids is 1. The molecule has 3 N–H and O–H groups in total. The number of nitrogens with one attached hydrogen (secondary N) is 1. The van der Waals surface area contributed by atoms with Crippen molar-refractivity contribution in [1.29, 1.82) is 0 Å². The van der Waals surface area contributed by atoms with Crippen LogP contribution in [0.5, 0.6) is 0 Å². The molecule has 2 atom stereocenters. The predicted octanol–water partition coefficient (Wildman–Crippen LogP) is 2.00. The highest BCUT2D eigenvalue weighted by Crippen LogP contribution is 2.41. The second kappa shape index (κ2) is 5.64. The zero-order chi connectivity index (χ0) is 16.6. The van der Waals surface area contributed by atoms with Crippen molar-refractivity contribution in [3.63, 3.8) is 0 Å². The molecule has 3 rings (SSSR count). The Hall–Kier alpha value is -3.03. The van der Waals surface area contributed by atoms with E-state index >= 15 is 0 Å². The van der Waals surface area contributed by atoms with E-state index in [1.54, 1.807) is 6.07 Å². The summed E-state index contributed by atoms with van der Waals surface area (Å²) >= 11 is 0. The molecule has 0 radical (unpaired) electrons. The summed E-state index contributed by atoms with van der Waals surface area (Å²) in [5, 5.41) is 13.4. The largest absolute Gasteiger partial charge is 0.378 e. The van der Waals surface area contributed by atoms with Crippen molar-refractivity contribution in [2.75, 3.05) is 5.73 Å². The normalized spacial score (nSPS) is 19.2. The van der Waals surface area contributed by atoms with Crippen LogP contribution in [0, 0.1) is 15.9 Å². The number of hydrogen-bond donors (Lipinski definition) is 2. The molecule has 118 valence electrons. The van der Waals surface area contributed by atoms with Gasteiger partial charge in [-0.15, -0.1) is 0 Å². The Morgan fingerprint density at radius 3 is 2.83 bits per heavy atom. The van der Waals surface area contributed by atoms with Crippen LogP contribution in [0.15, 0.2) is 36.4 Å². The molecule has 1 aliphatic carbocycles. The molecule has 1 heterocycles. The molecule has 1 amide bonds. The van der Waals surface area contributed by atoms with Crippen LogP contribution in [-0.4, -0.2) is 21.9 Å². The smallest absolute Gasteiger partial charge is 0.311 e. The van der Waals surface area contributed by atoms with Gasteiger partial charge in [0.2, 0.25) is 5.82 Å². The fraction of sp³-hybridized carbons (Fsp3) is 0.200. The van der Waals surface area contributed by atoms with Crippen molar-refractivity contribution >= 4 is 17.4 Å². The number of nitro groups is 1. The lowest BCUT2D eigenvalue weighted by Crippen LogP contribution is -2.27. The third-order valence-electron chi connectivity index (χ3n) is 3.72. The van der Waals surface area contributed by atoms with Gasteiger partial charge in [-0.05, 0) is 30.2 Å². The van der Waals surface area contributed by atoms with E-state index in [0.29, 0.717) is 6.42 Å². The van der Waals surface area contributed by atoms with E-state index in [4.69, 9.17) is 5.73 Å². The Morgan fingerprint density at radius 2 is 2.17 bits per heavy atom. The standard InChI is InChI=1S/C15H13FN4O3/c16-9-3-1-2-8(6-9)10-7-12(10)19-15(21)11-4-5-13(20(22)23)14(17)18-11/h1-6,10,12H,7H2,(H2,17,18)(H,19,21)/t10-,12+/m1/s1. The first-order valence-electron chi connectivity index (χ1n) is 6.93. The minimum atomic E-state index is -0.662. The van der Waals surface area contributed by atoms with Gasteiger partial charge in [0.05, 0.1) is 4.92 Å². The lowest BCUT2D eigenvalue weighted by atomic mass is 10.1. The molecule has 1 fully saturated rings. The third-order valence-corrected chi connectivity index (χ3v) is 3.72.